The van der Waals surface area contributed by atoms with Crippen LogP contribution in [0.3, 0.4) is 0 Å². The van der Waals surface area contributed by atoms with E-state index in [0.29, 0.717) is 22.9 Å². The molecular formula is C24H17FN2O5. The summed E-state index contributed by atoms with van der Waals surface area (Å²) in [5.74, 6) is 0.0962. The van der Waals surface area contributed by atoms with Gasteiger partial charge in [-0.3, -0.25) is 14.5 Å². The van der Waals surface area contributed by atoms with Gasteiger partial charge in [-0.05, 0) is 48.0 Å². The Morgan fingerprint density at radius 2 is 1.81 bits per heavy atom. The number of methoxy groups -OCH3 is 2. The topological polar surface area (TPSA) is 81.9 Å². The van der Waals surface area contributed by atoms with E-state index in [1.807, 2.05) is 0 Å². The number of hydrogen-bond donors (Lipinski definition) is 0. The zero-order chi connectivity index (χ0) is 22.4. The fourth-order valence-corrected chi connectivity index (χ4v) is 4.02. The van der Waals surface area contributed by atoms with Gasteiger partial charge in [0.1, 0.15) is 17.2 Å². The number of nitrogens with zero attached hydrogens (tertiary/aromatic N) is 2. The van der Waals surface area contributed by atoms with Crippen molar-refractivity contribution in [2.75, 3.05) is 19.1 Å². The molecule has 1 aliphatic heterocycles. The number of anilines is 1. The van der Waals surface area contributed by atoms with E-state index >= 15 is 0 Å². The standard InChI is InChI=1S/C24H17FN2O5/c1-30-17-8-6-13(11-18(17)31-2)21-20-22(28)15-12-14(25)7-9-16(15)32-23(20)24(29)27(21)19-5-3-4-10-26-19/h3-12,21H,1-2H3. The average Bonchev–Trinajstić information content (AvgIpc) is 3.12. The van der Waals surface area contributed by atoms with Crippen LogP contribution in [0.5, 0.6) is 11.5 Å². The maximum absolute atomic E-state index is 13.9. The number of ether oxygens (including phenoxy) is 2. The Balaban J connectivity index is 1.82. The van der Waals surface area contributed by atoms with Crippen molar-refractivity contribution in [3.63, 3.8) is 0 Å². The van der Waals surface area contributed by atoms with Crippen molar-refractivity contribution in [2.24, 2.45) is 0 Å². The molecule has 160 valence electrons. The van der Waals surface area contributed by atoms with Crippen LogP contribution >= 0.6 is 0 Å². The number of amides is 1. The first-order chi connectivity index (χ1) is 15.5. The van der Waals surface area contributed by atoms with Crippen LogP contribution in [-0.4, -0.2) is 25.1 Å². The molecule has 32 heavy (non-hydrogen) atoms. The molecule has 0 saturated heterocycles. The summed E-state index contributed by atoms with van der Waals surface area (Å²) < 4.78 is 30.4. The van der Waals surface area contributed by atoms with Crippen molar-refractivity contribution < 1.29 is 23.1 Å². The van der Waals surface area contributed by atoms with E-state index in [-0.39, 0.29) is 22.3 Å². The van der Waals surface area contributed by atoms with E-state index in [2.05, 4.69) is 4.98 Å². The van der Waals surface area contributed by atoms with Crippen LogP contribution in [0.4, 0.5) is 10.2 Å². The van der Waals surface area contributed by atoms with Crippen LogP contribution in [0.2, 0.25) is 0 Å². The predicted octanol–water partition coefficient (Wildman–Crippen LogP) is 4.09. The predicted molar refractivity (Wildman–Crippen MR) is 115 cm³/mol. The van der Waals surface area contributed by atoms with Gasteiger partial charge in [0, 0.05) is 6.20 Å². The Morgan fingerprint density at radius 3 is 2.53 bits per heavy atom. The fourth-order valence-electron chi connectivity index (χ4n) is 4.02. The normalized spacial score (nSPS) is 15.2. The molecule has 3 heterocycles. The van der Waals surface area contributed by atoms with Gasteiger partial charge >= 0.3 is 0 Å². The van der Waals surface area contributed by atoms with E-state index < -0.39 is 23.2 Å². The van der Waals surface area contributed by atoms with Gasteiger partial charge in [0.05, 0.1) is 31.2 Å². The third kappa shape index (κ3) is 2.91. The molecule has 0 N–H and O–H groups in total. The molecular weight excluding hydrogens is 415 g/mol. The number of pyridine rings is 1. The van der Waals surface area contributed by atoms with E-state index in [1.165, 1.54) is 31.3 Å². The number of carbonyl (C=O) groups is 1. The lowest BCUT2D eigenvalue weighted by atomic mass is 9.98. The summed E-state index contributed by atoms with van der Waals surface area (Å²) in [5.41, 5.74) is 0.360. The van der Waals surface area contributed by atoms with Crippen LogP contribution in [0.25, 0.3) is 11.0 Å². The maximum atomic E-state index is 13.9. The lowest BCUT2D eigenvalue weighted by Crippen LogP contribution is -2.30. The molecule has 2 aromatic carbocycles. The Morgan fingerprint density at radius 1 is 1.00 bits per heavy atom. The van der Waals surface area contributed by atoms with Crippen LogP contribution < -0.4 is 19.8 Å². The first-order valence-electron chi connectivity index (χ1n) is 9.76. The highest BCUT2D eigenvalue weighted by Crippen LogP contribution is 2.42. The highest BCUT2D eigenvalue weighted by Gasteiger charge is 2.44. The minimum absolute atomic E-state index is 0.0601. The minimum atomic E-state index is -0.851. The Bertz CT molecular complexity index is 1420. The minimum Gasteiger partial charge on any atom is -0.493 e. The molecule has 1 aliphatic rings. The summed E-state index contributed by atoms with van der Waals surface area (Å²) in [7, 11) is 3.01. The molecule has 4 aromatic rings. The molecule has 2 aromatic heterocycles. The third-order valence-corrected chi connectivity index (χ3v) is 5.45. The van der Waals surface area contributed by atoms with Gasteiger partial charge in [-0.2, -0.15) is 0 Å². The van der Waals surface area contributed by atoms with Gasteiger partial charge in [-0.25, -0.2) is 9.37 Å². The fraction of sp³-hybridized carbons (Fsp3) is 0.125. The first-order valence-corrected chi connectivity index (χ1v) is 9.76. The number of benzene rings is 2. The van der Waals surface area contributed by atoms with Gasteiger partial charge in [0.25, 0.3) is 5.91 Å². The van der Waals surface area contributed by atoms with Crippen molar-refractivity contribution in [2.45, 2.75) is 6.04 Å². The largest absolute Gasteiger partial charge is 0.493 e. The van der Waals surface area contributed by atoms with Crippen molar-refractivity contribution >= 4 is 22.7 Å². The summed E-state index contributed by atoms with van der Waals surface area (Å²) in [6.45, 7) is 0. The second-order valence-corrected chi connectivity index (χ2v) is 7.19. The molecule has 0 saturated carbocycles. The number of carbonyl (C=O) groups excluding carboxylic acids is 1. The molecule has 7 nitrogen and oxygen atoms in total. The Kier molecular flexibility index (Phi) is 4.62. The number of aromatic nitrogens is 1. The summed E-state index contributed by atoms with van der Waals surface area (Å²) in [4.78, 5) is 32.6. The zero-order valence-corrected chi connectivity index (χ0v) is 17.2. The average molecular weight is 432 g/mol. The zero-order valence-electron chi connectivity index (χ0n) is 17.2. The van der Waals surface area contributed by atoms with Gasteiger partial charge in [0.15, 0.2) is 16.9 Å². The van der Waals surface area contributed by atoms with E-state index in [1.54, 1.807) is 42.6 Å². The van der Waals surface area contributed by atoms with Crippen LogP contribution in [-0.2, 0) is 0 Å². The van der Waals surface area contributed by atoms with Crippen molar-refractivity contribution in [1.82, 2.24) is 4.98 Å². The van der Waals surface area contributed by atoms with E-state index in [9.17, 15) is 14.0 Å². The van der Waals surface area contributed by atoms with Crippen LogP contribution in [0.15, 0.2) is 70.0 Å². The van der Waals surface area contributed by atoms with Gasteiger partial charge in [0.2, 0.25) is 5.76 Å². The highest BCUT2D eigenvalue weighted by atomic mass is 19.1. The van der Waals surface area contributed by atoms with E-state index in [4.69, 9.17) is 13.9 Å². The van der Waals surface area contributed by atoms with Gasteiger partial charge < -0.3 is 13.9 Å². The van der Waals surface area contributed by atoms with Gasteiger partial charge in [-0.1, -0.05) is 12.1 Å². The molecule has 1 amide bonds. The summed E-state index contributed by atoms with van der Waals surface area (Å²) in [6, 6.07) is 13.0. The van der Waals surface area contributed by atoms with Gasteiger partial charge in [-0.15, -0.1) is 0 Å². The Hall–Kier alpha value is -4.20. The smallest absolute Gasteiger partial charge is 0.296 e. The van der Waals surface area contributed by atoms with Crippen molar-refractivity contribution in [3.8, 4) is 11.5 Å². The number of hydrogen-bond acceptors (Lipinski definition) is 6. The van der Waals surface area contributed by atoms with Crippen molar-refractivity contribution in [3.05, 3.63) is 93.7 Å². The second kappa shape index (κ2) is 7.49. The van der Waals surface area contributed by atoms with Crippen LogP contribution in [0.1, 0.15) is 27.7 Å². The second-order valence-electron chi connectivity index (χ2n) is 7.19. The first kappa shape index (κ1) is 19.7. The molecule has 1 atom stereocenters. The molecule has 0 aliphatic carbocycles. The number of fused-ring (bicyclic) bond motifs is 2. The lowest BCUT2D eigenvalue weighted by Gasteiger charge is -2.24. The van der Waals surface area contributed by atoms with Crippen molar-refractivity contribution in [1.29, 1.82) is 0 Å². The lowest BCUT2D eigenvalue weighted by molar-refractivity contribution is 0.0970. The summed E-state index contributed by atoms with van der Waals surface area (Å²) >= 11 is 0. The molecule has 0 fully saturated rings. The molecule has 5 rings (SSSR count). The quantitative estimate of drug-likeness (QED) is 0.483. The highest BCUT2D eigenvalue weighted by molar-refractivity contribution is 6.10. The SMILES string of the molecule is COc1ccc(C2c3c(oc4ccc(F)cc4c3=O)C(=O)N2c2ccccn2)cc1OC. The number of rotatable bonds is 4. The monoisotopic (exact) mass is 432 g/mol. The molecule has 1 unspecified atom stereocenters. The van der Waals surface area contributed by atoms with E-state index in [0.717, 1.165) is 6.07 Å². The van der Waals surface area contributed by atoms with Crippen LogP contribution in [0, 0.1) is 5.82 Å². The summed E-state index contributed by atoms with van der Waals surface area (Å²) in [6.07, 6.45) is 1.55. The Labute approximate surface area is 181 Å². The molecule has 0 radical (unpaired) electrons. The number of halogens is 1. The molecule has 0 spiro atoms. The summed E-state index contributed by atoms with van der Waals surface area (Å²) in [5, 5.41) is 0.0601. The maximum Gasteiger partial charge on any atom is 0.296 e. The molecule has 0 bridgehead atoms. The molecule has 8 heteroatoms. The third-order valence-electron chi connectivity index (χ3n) is 5.45.